The maximum absolute atomic E-state index is 4.60. The number of nitrogens with zero attached hydrogens (tertiary/aromatic N) is 2. The van der Waals surface area contributed by atoms with Crippen LogP contribution in [0.15, 0.2) is 4.47 Å². The van der Waals surface area contributed by atoms with Gasteiger partial charge in [0.2, 0.25) is 0 Å². The Bertz CT molecular complexity index is 423. The molecule has 4 heteroatoms. The molecular formula is C14H24BrN3. The fourth-order valence-corrected chi connectivity index (χ4v) is 3.38. The molecule has 1 aromatic rings. The number of aromatic nitrogens is 2. The van der Waals surface area contributed by atoms with E-state index in [9.17, 15) is 0 Å². The minimum absolute atomic E-state index is 0.358. The SMILES string of the molecule is CCn1nc(C)c(Br)c1CC(C)(CNC)C1CC1. The molecule has 1 heterocycles. The summed E-state index contributed by atoms with van der Waals surface area (Å²) in [6.45, 7) is 8.68. The van der Waals surface area contributed by atoms with Crippen LogP contribution in [0.1, 0.15) is 38.1 Å². The van der Waals surface area contributed by atoms with Gasteiger partial charge in [0.1, 0.15) is 0 Å². The van der Waals surface area contributed by atoms with Gasteiger partial charge in [0.25, 0.3) is 0 Å². The van der Waals surface area contributed by atoms with Gasteiger partial charge >= 0.3 is 0 Å². The van der Waals surface area contributed by atoms with E-state index in [0.717, 1.165) is 31.1 Å². The van der Waals surface area contributed by atoms with Gasteiger partial charge in [0.15, 0.2) is 0 Å². The fourth-order valence-electron chi connectivity index (χ4n) is 2.96. The van der Waals surface area contributed by atoms with Gasteiger partial charge in [0.05, 0.1) is 15.9 Å². The van der Waals surface area contributed by atoms with Gasteiger partial charge in [-0.2, -0.15) is 5.10 Å². The Hall–Kier alpha value is -0.350. The highest BCUT2D eigenvalue weighted by Crippen LogP contribution is 2.47. The number of rotatable bonds is 6. The highest BCUT2D eigenvalue weighted by atomic mass is 79.9. The molecule has 0 aliphatic heterocycles. The Kier molecular flexibility index (Phi) is 4.17. The number of halogens is 1. The molecule has 1 aliphatic carbocycles. The van der Waals surface area contributed by atoms with Crippen molar-refractivity contribution in [1.82, 2.24) is 15.1 Å². The van der Waals surface area contributed by atoms with Crippen LogP contribution in [0.3, 0.4) is 0 Å². The van der Waals surface area contributed by atoms with Crippen molar-refractivity contribution < 1.29 is 0 Å². The van der Waals surface area contributed by atoms with Crippen LogP contribution in [-0.2, 0) is 13.0 Å². The number of aryl methyl sites for hydroxylation is 2. The summed E-state index contributed by atoms with van der Waals surface area (Å²) in [5.41, 5.74) is 2.82. The maximum atomic E-state index is 4.60. The van der Waals surface area contributed by atoms with Crippen LogP contribution in [-0.4, -0.2) is 23.4 Å². The van der Waals surface area contributed by atoms with E-state index < -0.39 is 0 Å². The quantitative estimate of drug-likeness (QED) is 0.874. The summed E-state index contributed by atoms with van der Waals surface area (Å²) in [4.78, 5) is 0. The summed E-state index contributed by atoms with van der Waals surface area (Å²) < 4.78 is 3.35. The van der Waals surface area contributed by atoms with Crippen LogP contribution < -0.4 is 5.32 Å². The summed E-state index contributed by atoms with van der Waals surface area (Å²) >= 11 is 3.71. The summed E-state index contributed by atoms with van der Waals surface area (Å²) in [5.74, 6) is 0.873. The Morgan fingerprint density at radius 3 is 2.67 bits per heavy atom. The van der Waals surface area contributed by atoms with E-state index in [1.54, 1.807) is 0 Å². The van der Waals surface area contributed by atoms with E-state index in [0.29, 0.717) is 5.41 Å². The second-order valence-electron chi connectivity index (χ2n) is 5.80. The van der Waals surface area contributed by atoms with Gasteiger partial charge in [-0.05, 0) is 67.4 Å². The van der Waals surface area contributed by atoms with Crippen LogP contribution in [0.4, 0.5) is 0 Å². The number of nitrogens with one attached hydrogen (secondary N) is 1. The molecule has 0 amide bonds. The molecule has 1 atom stereocenters. The third kappa shape index (κ3) is 2.64. The van der Waals surface area contributed by atoms with Gasteiger partial charge in [0, 0.05) is 13.1 Å². The van der Waals surface area contributed by atoms with Crippen molar-refractivity contribution in [2.24, 2.45) is 11.3 Å². The molecule has 3 nitrogen and oxygen atoms in total. The largest absolute Gasteiger partial charge is 0.319 e. The van der Waals surface area contributed by atoms with E-state index in [4.69, 9.17) is 0 Å². The van der Waals surface area contributed by atoms with Gasteiger partial charge in [-0.1, -0.05) is 6.92 Å². The smallest absolute Gasteiger partial charge is 0.0738 e. The van der Waals surface area contributed by atoms with Crippen LogP contribution in [0.2, 0.25) is 0 Å². The lowest BCUT2D eigenvalue weighted by molar-refractivity contribution is 0.255. The molecule has 1 N–H and O–H groups in total. The van der Waals surface area contributed by atoms with Gasteiger partial charge in [-0.3, -0.25) is 4.68 Å². The first-order valence-corrected chi connectivity index (χ1v) is 7.67. The predicted octanol–water partition coefficient (Wildman–Crippen LogP) is 3.15. The first-order chi connectivity index (χ1) is 8.51. The van der Waals surface area contributed by atoms with Gasteiger partial charge < -0.3 is 5.32 Å². The fraction of sp³-hybridized carbons (Fsp3) is 0.786. The number of hydrogen-bond acceptors (Lipinski definition) is 2. The molecule has 0 saturated heterocycles. The van der Waals surface area contributed by atoms with E-state index in [2.05, 4.69) is 58.8 Å². The average molecular weight is 314 g/mol. The third-order valence-corrected chi connectivity index (χ3v) is 5.20. The van der Waals surface area contributed by atoms with Crippen molar-refractivity contribution in [3.05, 3.63) is 15.9 Å². The molecule has 2 rings (SSSR count). The van der Waals surface area contributed by atoms with E-state index in [-0.39, 0.29) is 0 Å². The molecule has 102 valence electrons. The lowest BCUT2D eigenvalue weighted by Crippen LogP contribution is -2.34. The summed E-state index contributed by atoms with van der Waals surface area (Å²) in [5, 5.41) is 7.97. The highest BCUT2D eigenvalue weighted by Gasteiger charge is 2.42. The molecular weight excluding hydrogens is 290 g/mol. The molecule has 1 aromatic heterocycles. The zero-order valence-corrected chi connectivity index (χ0v) is 13.5. The predicted molar refractivity (Wildman–Crippen MR) is 78.8 cm³/mol. The van der Waals surface area contributed by atoms with E-state index in [1.807, 2.05) is 0 Å². The van der Waals surface area contributed by atoms with Crippen molar-refractivity contribution in [2.75, 3.05) is 13.6 Å². The second kappa shape index (κ2) is 5.33. The van der Waals surface area contributed by atoms with E-state index >= 15 is 0 Å². The van der Waals surface area contributed by atoms with Crippen molar-refractivity contribution >= 4 is 15.9 Å². The van der Waals surface area contributed by atoms with Crippen molar-refractivity contribution in [1.29, 1.82) is 0 Å². The molecule has 1 unspecified atom stereocenters. The van der Waals surface area contributed by atoms with Crippen molar-refractivity contribution in [3.63, 3.8) is 0 Å². The molecule has 0 radical (unpaired) electrons. The normalized spacial score (nSPS) is 18.9. The zero-order chi connectivity index (χ0) is 13.3. The lowest BCUT2D eigenvalue weighted by atomic mass is 9.80. The maximum Gasteiger partial charge on any atom is 0.0738 e. The molecule has 1 saturated carbocycles. The standard InChI is InChI=1S/C14H24BrN3/c1-5-18-12(13(15)10(2)17-18)8-14(3,9-16-4)11-6-7-11/h11,16H,5-9H2,1-4H3. The minimum atomic E-state index is 0.358. The summed E-state index contributed by atoms with van der Waals surface area (Å²) in [6, 6.07) is 0. The monoisotopic (exact) mass is 313 g/mol. The van der Waals surface area contributed by atoms with Crippen LogP contribution in [0.5, 0.6) is 0 Å². The molecule has 0 spiro atoms. The Balaban J connectivity index is 2.25. The topological polar surface area (TPSA) is 29.9 Å². The molecule has 0 aromatic carbocycles. The van der Waals surface area contributed by atoms with Gasteiger partial charge in [-0.15, -0.1) is 0 Å². The Labute approximate surface area is 118 Å². The minimum Gasteiger partial charge on any atom is -0.319 e. The zero-order valence-electron chi connectivity index (χ0n) is 11.9. The Morgan fingerprint density at radius 1 is 1.50 bits per heavy atom. The van der Waals surface area contributed by atoms with Crippen molar-refractivity contribution in [2.45, 2.75) is 46.6 Å². The van der Waals surface area contributed by atoms with E-state index in [1.165, 1.54) is 23.0 Å². The van der Waals surface area contributed by atoms with Crippen LogP contribution in [0, 0.1) is 18.3 Å². The summed E-state index contributed by atoms with van der Waals surface area (Å²) in [6.07, 6.45) is 3.87. The molecule has 1 fully saturated rings. The number of hydrogen-bond donors (Lipinski definition) is 1. The third-order valence-electron chi connectivity index (χ3n) is 4.17. The molecule has 18 heavy (non-hydrogen) atoms. The van der Waals surface area contributed by atoms with Crippen LogP contribution >= 0.6 is 15.9 Å². The van der Waals surface area contributed by atoms with Crippen molar-refractivity contribution in [3.8, 4) is 0 Å². The van der Waals surface area contributed by atoms with Crippen LogP contribution in [0.25, 0.3) is 0 Å². The molecule has 1 aliphatic rings. The summed E-state index contributed by atoms with van der Waals surface area (Å²) in [7, 11) is 2.05. The second-order valence-corrected chi connectivity index (χ2v) is 6.59. The first kappa shape index (κ1) is 14.1. The lowest BCUT2D eigenvalue weighted by Gasteiger charge is -2.30. The average Bonchev–Trinajstić information content (AvgIpc) is 3.14. The molecule has 0 bridgehead atoms. The highest BCUT2D eigenvalue weighted by molar-refractivity contribution is 9.10. The first-order valence-electron chi connectivity index (χ1n) is 6.88. The Morgan fingerprint density at radius 2 is 2.17 bits per heavy atom. The van der Waals surface area contributed by atoms with Gasteiger partial charge in [-0.25, -0.2) is 0 Å².